The molecule has 0 aromatic heterocycles. The lowest BCUT2D eigenvalue weighted by atomic mass is 9.89. The molecule has 1 heterocycles. The van der Waals surface area contributed by atoms with Crippen LogP contribution in [-0.4, -0.2) is 143 Å². The highest BCUT2D eigenvalue weighted by Gasteiger charge is 2.43. The van der Waals surface area contributed by atoms with E-state index in [-0.39, 0.29) is 59.8 Å². The maximum absolute atomic E-state index is 14.4. The zero-order chi connectivity index (χ0) is 45.5. The van der Waals surface area contributed by atoms with Gasteiger partial charge < -0.3 is 35.2 Å². The van der Waals surface area contributed by atoms with Crippen molar-refractivity contribution in [1.29, 1.82) is 0 Å². The lowest BCUT2D eigenvalue weighted by Gasteiger charge is -2.41. The van der Waals surface area contributed by atoms with Gasteiger partial charge in [-0.3, -0.25) is 28.9 Å². The Labute approximate surface area is 363 Å². The summed E-state index contributed by atoms with van der Waals surface area (Å²) >= 11 is 0. The monoisotopic (exact) mass is 859 g/mol. The molecule has 1 saturated heterocycles. The highest BCUT2D eigenvalue weighted by atomic mass is 28.3. The third kappa shape index (κ3) is 15.5. The molecule has 0 saturated carbocycles. The minimum Gasteiger partial charge on any atom is -0.379 e. The number of likely N-dealkylation sites (tertiary alicyclic amines) is 1. The standard InChI is InChI=1S/C46H82N6O7Si/c1-16-32(6)41(51(10)46(57)39(30(2)3)49-45(56)40(31(4)5)50(8)9)37(58-11)29-38(53)52-26-20-24-36(52)42(59-12)33(7)43(54)48-35(28-34-22-18-17-19-23-34)44(55)47-25-21-27-60(13,14)15/h17-19,22-23,30-33,35-37,39-42H,16,20-21,24-29H2,1-15H3,(H,47,55)(H,48,54)(H,49,56)/t32-,33+,35-,36-,37+,39-,40-,41-,42+/m1/s1. The number of hydrogen-bond donors (Lipinski definition) is 3. The summed E-state index contributed by atoms with van der Waals surface area (Å²) in [4.78, 5) is 75.1. The average molecular weight is 859 g/mol. The zero-order valence-corrected chi connectivity index (χ0v) is 40.8. The smallest absolute Gasteiger partial charge is 0.245 e. The number of ether oxygens (including phenoxy) is 2. The Kier molecular flexibility index (Phi) is 22.0. The Morgan fingerprint density at radius 3 is 2.02 bits per heavy atom. The Balaban J connectivity index is 2.29. The molecule has 13 nitrogen and oxygen atoms in total. The van der Waals surface area contributed by atoms with Gasteiger partial charge in [0.05, 0.1) is 42.7 Å². The summed E-state index contributed by atoms with van der Waals surface area (Å²) in [7, 11) is 7.33. The van der Waals surface area contributed by atoms with Gasteiger partial charge in [0.25, 0.3) is 0 Å². The van der Waals surface area contributed by atoms with Crippen molar-refractivity contribution >= 4 is 37.6 Å². The normalized spacial score (nSPS) is 18.6. The van der Waals surface area contributed by atoms with E-state index in [9.17, 15) is 24.0 Å². The number of amides is 5. The van der Waals surface area contributed by atoms with E-state index in [1.807, 2.05) is 90.9 Å². The van der Waals surface area contributed by atoms with Gasteiger partial charge in [0.15, 0.2) is 0 Å². The van der Waals surface area contributed by atoms with E-state index in [0.717, 1.165) is 30.9 Å². The summed E-state index contributed by atoms with van der Waals surface area (Å²) in [5.41, 5.74) is 0.938. The van der Waals surface area contributed by atoms with Crippen LogP contribution in [0.3, 0.4) is 0 Å². The van der Waals surface area contributed by atoms with Gasteiger partial charge in [-0.2, -0.15) is 0 Å². The first kappa shape index (κ1) is 52.8. The lowest BCUT2D eigenvalue weighted by molar-refractivity contribution is -0.148. The van der Waals surface area contributed by atoms with Crippen LogP contribution in [0.25, 0.3) is 0 Å². The van der Waals surface area contributed by atoms with Crippen LogP contribution in [0.2, 0.25) is 25.7 Å². The molecule has 5 amide bonds. The van der Waals surface area contributed by atoms with Crippen molar-refractivity contribution in [2.75, 3.05) is 48.5 Å². The van der Waals surface area contributed by atoms with Gasteiger partial charge in [0.2, 0.25) is 29.5 Å². The number of nitrogens with one attached hydrogen (secondary N) is 3. The van der Waals surface area contributed by atoms with Crippen molar-refractivity contribution in [1.82, 2.24) is 30.7 Å². The highest BCUT2D eigenvalue weighted by molar-refractivity contribution is 6.76. The largest absolute Gasteiger partial charge is 0.379 e. The van der Waals surface area contributed by atoms with Crippen LogP contribution >= 0.6 is 0 Å². The summed E-state index contributed by atoms with van der Waals surface area (Å²) in [5, 5.41) is 9.15. The molecular formula is C46H82N6O7Si. The molecule has 0 aliphatic carbocycles. The quantitative estimate of drug-likeness (QED) is 0.0898. The van der Waals surface area contributed by atoms with Crippen molar-refractivity contribution in [3.8, 4) is 0 Å². The molecule has 14 heteroatoms. The fraction of sp³-hybridized carbons (Fsp3) is 0.761. The van der Waals surface area contributed by atoms with Gasteiger partial charge in [-0.1, -0.05) is 111 Å². The van der Waals surface area contributed by atoms with E-state index in [1.165, 1.54) is 0 Å². The third-order valence-electron chi connectivity index (χ3n) is 12.3. The van der Waals surface area contributed by atoms with Crippen molar-refractivity contribution in [3.63, 3.8) is 0 Å². The second kappa shape index (κ2) is 24.9. The molecule has 0 spiro atoms. The molecule has 3 N–H and O–H groups in total. The van der Waals surface area contributed by atoms with Crippen LogP contribution in [0.15, 0.2) is 30.3 Å². The van der Waals surface area contributed by atoms with Crippen LogP contribution in [0.4, 0.5) is 0 Å². The zero-order valence-electron chi connectivity index (χ0n) is 39.8. The molecule has 9 atom stereocenters. The Bertz CT molecular complexity index is 1500. The number of likely N-dealkylation sites (N-methyl/N-ethyl adjacent to an activating group) is 2. The number of hydrogen-bond acceptors (Lipinski definition) is 8. The molecule has 342 valence electrons. The topological polar surface area (TPSA) is 150 Å². The SMILES string of the molecule is CC[C@@H](C)[C@H]([C@H](CC(=O)N1CCC[C@@H]1[C@@H](OC)[C@H](C)C(=O)N[C@H](Cc1ccccc1)C(=O)NCCC[Si](C)(C)C)OC)N(C)C(=O)[C@H](NC(=O)[C@@H](C(C)C)N(C)C)C(C)C. The molecule has 1 fully saturated rings. The molecule has 1 aromatic carbocycles. The summed E-state index contributed by atoms with van der Waals surface area (Å²) < 4.78 is 12.1. The average Bonchev–Trinajstić information content (AvgIpc) is 3.67. The third-order valence-corrected chi connectivity index (χ3v) is 14.1. The molecular weight excluding hydrogens is 777 g/mol. The minimum atomic E-state index is -1.26. The summed E-state index contributed by atoms with van der Waals surface area (Å²) in [6.07, 6.45) is 2.11. The number of nitrogens with zero attached hydrogens (tertiary/aromatic N) is 3. The highest BCUT2D eigenvalue weighted by Crippen LogP contribution is 2.30. The molecule has 1 aliphatic rings. The first-order valence-electron chi connectivity index (χ1n) is 22.3. The van der Waals surface area contributed by atoms with Crippen LogP contribution < -0.4 is 16.0 Å². The van der Waals surface area contributed by atoms with Crippen molar-refractivity contribution < 1.29 is 33.4 Å². The van der Waals surface area contributed by atoms with Crippen LogP contribution in [0, 0.1) is 23.7 Å². The Hall–Kier alpha value is -3.33. The first-order valence-corrected chi connectivity index (χ1v) is 26.0. The summed E-state index contributed by atoms with van der Waals surface area (Å²) in [6.45, 7) is 21.7. The van der Waals surface area contributed by atoms with E-state index in [2.05, 4.69) is 35.6 Å². The van der Waals surface area contributed by atoms with E-state index >= 15 is 0 Å². The van der Waals surface area contributed by atoms with E-state index < -0.39 is 50.4 Å². The summed E-state index contributed by atoms with van der Waals surface area (Å²) in [6, 6.07) is 7.96. The van der Waals surface area contributed by atoms with Crippen LogP contribution in [0.1, 0.15) is 86.1 Å². The van der Waals surface area contributed by atoms with Crippen LogP contribution in [-0.2, 0) is 39.9 Å². The van der Waals surface area contributed by atoms with E-state index in [0.29, 0.717) is 25.9 Å². The number of methoxy groups -OCH3 is 2. The molecule has 0 radical (unpaired) electrons. The maximum Gasteiger partial charge on any atom is 0.245 e. The van der Waals surface area contributed by atoms with Crippen molar-refractivity contribution in [2.45, 2.75) is 155 Å². The van der Waals surface area contributed by atoms with Gasteiger partial charge in [-0.25, -0.2) is 0 Å². The van der Waals surface area contributed by atoms with Gasteiger partial charge in [0.1, 0.15) is 12.1 Å². The number of carbonyl (C=O) groups is 5. The number of benzene rings is 1. The fourth-order valence-corrected chi connectivity index (χ4v) is 9.96. The molecule has 1 aliphatic heterocycles. The number of carbonyl (C=O) groups excluding carboxylic acids is 5. The molecule has 0 unspecified atom stereocenters. The molecule has 0 bridgehead atoms. The molecule has 2 rings (SSSR count). The van der Waals surface area contributed by atoms with Crippen LogP contribution in [0.5, 0.6) is 0 Å². The predicted octanol–water partition coefficient (Wildman–Crippen LogP) is 5.21. The Morgan fingerprint density at radius 1 is 0.867 bits per heavy atom. The second-order valence-corrected chi connectivity index (χ2v) is 24.8. The number of rotatable bonds is 25. The predicted molar refractivity (Wildman–Crippen MR) is 243 cm³/mol. The Morgan fingerprint density at radius 2 is 1.50 bits per heavy atom. The first-order chi connectivity index (χ1) is 28.1. The van der Waals surface area contributed by atoms with E-state index in [1.54, 1.807) is 38.0 Å². The van der Waals surface area contributed by atoms with Crippen molar-refractivity contribution in [3.05, 3.63) is 35.9 Å². The second-order valence-electron chi connectivity index (χ2n) is 19.2. The molecule has 1 aromatic rings. The van der Waals surface area contributed by atoms with Gasteiger partial charge in [0, 0.05) is 48.9 Å². The molecule has 60 heavy (non-hydrogen) atoms. The van der Waals surface area contributed by atoms with E-state index in [4.69, 9.17) is 9.47 Å². The van der Waals surface area contributed by atoms with Crippen molar-refractivity contribution in [2.24, 2.45) is 23.7 Å². The summed E-state index contributed by atoms with van der Waals surface area (Å²) in [5.74, 6) is -1.96. The van der Waals surface area contributed by atoms with Gasteiger partial charge in [-0.15, -0.1) is 0 Å². The van der Waals surface area contributed by atoms with Gasteiger partial charge >= 0.3 is 0 Å². The van der Waals surface area contributed by atoms with Gasteiger partial charge in [-0.05, 0) is 56.7 Å². The fourth-order valence-electron chi connectivity index (χ4n) is 8.73. The minimum absolute atomic E-state index is 0.0163. The lowest BCUT2D eigenvalue weighted by Crippen LogP contribution is -2.59. The maximum atomic E-state index is 14.4.